The van der Waals surface area contributed by atoms with E-state index in [4.69, 9.17) is 0 Å². The number of hydrogen-bond donors (Lipinski definition) is 1. The molecule has 5 aliphatic rings. The van der Waals surface area contributed by atoms with Crippen molar-refractivity contribution in [2.45, 2.75) is 63.3 Å². The van der Waals surface area contributed by atoms with Crippen LogP contribution in [0.3, 0.4) is 0 Å². The first-order valence-corrected chi connectivity index (χ1v) is 12.4. The highest BCUT2D eigenvalue weighted by molar-refractivity contribution is 7.15. The number of nitrogens with zero attached hydrogens (tertiary/aromatic N) is 4. The molecule has 32 heavy (non-hydrogen) atoms. The van der Waals surface area contributed by atoms with Crippen LogP contribution in [0.25, 0.3) is 0 Å². The van der Waals surface area contributed by atoms with E-state index in [1.54, 1.807) is 0 Å². The van der Waals surface area contributed by atoms with Gasteiger partial charge in [0, 0.05) is 18.3 Å². The second-order valence-corrected chi connectivity index (χ2v) is 11.0. The average Bonchev–Trinajstić information content (AvgIpc) is 3.24. The number of carbonyl (C=O) groups excluding carboxylic acids is 2. The van der Waals surface area contributed by atoms with Crippen molar-refractivity contribution in [1.82, 2.24) is 15.2 Å². The van der Waals surface area contributed by atoms with Crippen molar-refractivity contribution in [3.8, 4) is 0 Å². The molecule has 4 saturated carbocycles. The Hall–Kier alpha value is -2.61. The van der Waals surface area contributed by atoms with Gasteiger partial charge in [0.15, 0.2) is 0 Å². The smallest absolute Gasteiger partial charge is 0.273 e. The molecule has 1 N–H and O–H groups in total. The highest BCUT2D eigenvalue weighted by Gasteiger charge is 2.53. The second kappa shape index (κ2) is 7.76. The van der Waals surface area contributed by atoms with Crippen LogP contribution in [0.2, 0.25) is 0 Å². The minimum Gasteiger partial charge on any atom is -0.295 e. The van der Waals surface area contributed by atoms with Gasteiger partial charge in [-0.25, -0.2) is 5.01 Å². The molecular formula is C24H27N5O2S. The van der Waals surface area contributed by atoms with Crippen LogP contribution in [0, 0.1) is 17.8 Å². The van der Waals surface area contributed by atoms with Crippen LogP contribution in [-0.2, 0) is 21.5 Å². The quantitative estimate of drug-likeness (QED) is 0.744. The fourth-order valence-corrected chi connectivity index (χ4v) is 7.63. The van der Waals surface area contributed by atoms with Gasteiger partial charge in [0.1, 0.15) is 10.7 Å². The number of anilines is 1. The number of aromatic nitrogens is 2. The summed E-state index contributed by atoms with van der Waals surface area (Å²) in [6.07, 6.45) is 8.48. The topological polar surface area (TPSA) is 87.6 Å². The third-order valence-electron chi connectivity index (χ3n) is 7.68. The fourth-order valence-electron chi connectivity index (χ4n) is 6.67. The molecule has 166 valence electrons. The van der Waals surface area contributed by atoms with Crippen molar-refractivity contribution in [2.24, 2.45) is 22.9 Å². The van der Waals surface area contributed by atoms with E-state index in [1.165, 1.54) is 54.9 Å². The summed E-state index contributed by atoms with van der Waals surface area (Å²) in [6, 6.07) is 9.69. The molecule has 2 amide bonds. The zero-order chi connectivity index (χ0) is 21.7. The van der Waals surface area contributed by atoms with E-state index in [-0.39, 0.29) is 23.7 Å². The van der Waals surface area contributed by atoms with Crippen LogP contribution in [0.4, 0.5) is 5.13 Å². The predicted octanol–water partition coefficient (Wildman–Crippen LogP) is 4.12. The number of hydrazone groups is 1. The van der Waals surface area contributed by atoms with Gasteiger partial charge in [-0.15, -0.1) is 10.2 Å². The first kappa shape index (κ1) is 20.0. The Kier molecular flexibility index (Phi) is 4.86. The van der Waals surface area contributed by atoms with Crippen molar-refractivity contribution < 1.29 is 9.59 Å². The third kappa shape index (κ3) is 3.64. The Morgan fingerprint density at radius 2 is 1.72 bits per heavy atom. The Labute approximate surface area is 191 Å². The molecular weight excluding hydrogens is 422 g/mol. The molecule has 0 radical (unpaired) electrons. The highest BCUT2D eigenvalue weighted by atomic mass is 32.1. The van der Waals surface area contributed by atoms with Crippen molar-refractivity contribution in [2.75, 3.05) is 5.32 Å². The Morgan fingerprint density at radius 1 is 1.03 bits per heavy atom. The molecule has 4 aliphatic carbocycles. The predicted molar refractivity (Wildman–Crippen MR) is 122 cm³/mol. The molecule has 2 heterocycles. The van der Waals surface area contributed by atoms with Crippen molar-refractivity contribution >= 4 is 34.0 Å². The van der Waals surface area contributed by atoms with Gasteiger partial charge in [-0.3, -0.25) is 14.9 Å². The highest BCUT2D eigenvalue weighted by Crippen LogP contribution is 2.61. The van der Waals surface area contributed by atoms with Gasteiger partial charge in [0.2, 0.25) is 11.0 Å². The maximum absolute atomic E-state index is 12.9. The number of benzene rings is 1. The Morgan fingerprint density at radius 3 is 2.41 bits per heavy atom. The lowest BCUT2D eigenvalue weighted by Gasteiger charge is -2.55. The van der Waals surface area contributed by atoms with Crippen LogP contribution in [0.1, 0.15) is 61.9 Å². The Bertz CT molecular complexity index is 1040. The number of rotatable bonds is 5. The van der Waals surface area contributed by atoms with Gasteiger partial charge in [0.25, 0.3) is 5.91 Å². The molecule has 0 spiro atoms. The summed E-state index contributed by atoms with van der Waals surface area (Å²) in [6.45, 7) is 0.366. The minimum absolute atomic E-state index is 0.0644. The van der Waals surface area contributed by atoms with E-state index in [0.29, 0.717) is 23.8 Å². The molecule has 0 atom stereocenters. The third-order valence-corrected chi connectivity index (χ3v) is 8.76. The first-order valence-electron chi connectivity index (χ1n) is 11.6. The number of nitrogens with one attached hydrogen (secondary N) is 1. The van der Waals surface area contributed by atoms with Gasteiger partial charge >= 0.3 is 0 Å². The second-order valence-electron chi connectivity index (χ2n) is 10.0. The maximum atomic E-state index is 12.9. The van der Waals surface area contributed by atoms with Crippen molar-refractivity contribution in [1.29, 1.82) is 0 Å². The number of amides is 2. The normalized spacial score (nSPS) is 31.0. The van der Waals surface area contributed by atoms with E-state index in [9.17, 15) is 9.59 Å². The van der Waals surface area contributed by atoms with Crippen LogP contribution in [0.5, 0.6) is 0 Å². The van der Waals surface area contributed by atoms with Crippen molar-refractivity contribution in [3.63, 3.8) is 0 Å². The molecule has 1 aliphatic heterocycles. The van der Waals surface area contributed by atoms with E-state index in [0.717, 1.165) is 28.3 Å². The summed E-state index contributed by atoms with van der Waals surface area (Å²) in [5.74, 6) is 2.17. The van der Waals surface area contributed by atoms with Crippen molar-refractivity contribution in [3.05, 3.63) is 40.9 Å². The monoisotopic (exact) mass is 449 g/mol. The number of hydrogen-bond acceptors (Lipinski definition) is 6. The van der Waals surface area contributed by atoms with Gasteiger partial charge in [-0.05, 0) is 61.8 Å². The molecule has 7 nitrogen and oxygen atoms in total. The lowest BCUT2D eigenvalue weighted by atomic mass is 9.50. The largest absolute Gasteiger partial charge is 0.295 e. The lowest BCUT2D eigenvalue weighted by molar-refractivity contribution is -0.132. The van der Waals surface area contributed by atoms with Gasteiger partial charge < -0.3 is 0 Å². The maximum Gasteiger partial charge on any atom is 0.273 e. The summed E-state index contributed by atoms with van der Waals surface area (Å²) in [4.78, 5) is 25.2. The summed E-state index contributed by atoms with van der Waals surface area (Å²) >= 11 is 1.53. The van der Waals surface area contributed by atoms with Crippen LogP contribution in [0.15, 0.2) is 35.4 Å². The van der Waals surface area contributed by atoms with E-state index in [1.807, 2.05) is 30.3 Å². The zero-order valence-corrected chi connectivity index (χ0v) is 18.8. The van der Waals surface area contributed by atoms with Crippen LogP contribution >= 0.6 is 11.3 Å². The molecule has 7 rings (SSSR count). The molecule has 4 bridgehead atoms. The summed E-state index contributed by atoms with van der Waals surface area (Å²) in [5.41, 5.74) is 1.53. The Balaban J connectivity index is 1.16. The summed E-state index contributed by atoms with van der Waals surface area (Å²) in [5, 5.41) is 19.1. The van der Waals surface area contributed by atoms with E-state index in [2.05, 4.69) is 20.6 Å². The van der Waals surface area contributed by atoms with Crippen LogP contribution < -0.4 is 5.32 Å². The molecule has 1 aromatic heterocycles. The molecule has 0 saturated heterocycles. The van der Waals surface area contributed by atoms with Crippen LogP contribution in [-0.4, -0.2) is 32.7 Å². The standard InChI is InChI=1S/C24H27N5O2S/c30-20-7-6-19(28-29(20)14-15-4-2-1-3-5-15)21(31)25-23-27-26-22(32-23)24-11-16-8-17(12-24)10-18(9-16)13-24/h1-5,16-18H,6-14H2,(H,25,27,31). The van der Waals surface area contributed by atoms with E-state index < -0.39 is 0 Å². The fraction of sp³-hybridized carbons (Fsp3) is 0.542. The number of carbonyl (C=O) groups is 2. The molecule has 2 aromatic rings. The lowest BCUT2D eigenvalue weighted by Crippen LogP contribution is -2.48. The minimum atomic E-state index is -0.288. The first-order chi connectivity index (χ1) is 15.6. The SMILES string of the molecule is O=C(Nc1nnc(C23CC4CC(CC(C4)C2)C3)s1)C1=NN(Cc2ccccc2)C(=O)CC1. The molecule has 4 fully saturated rings. The van der Waals surface area contributed by atoms with Gasteiger partial charge in [-0.1, -0.05) is 41.7 Å². The molecule has 1 aromatic carbocycles. The van der Waals surface area contributed by atoms with E-state index >= 15 is 0 Å². The zero-order valence-electron chi connectivity index (χ0n) is 18.0. The average molecular weight is 450 g/mol. The van der Waals surface area contributed by atoms with Gasteiger partial charge in [0.05, 0.1) is 6.54 Å². The molecule has 0 unspecified atom stereocenters. The summed E-state index contributed by atoms with van der Waals surface area (Å²) < 4.78 is 0. The van der Waals surface area contributed by atoms with Gasteiger partial charge in [-0.2, -0.15) is 5.10 Å². The summed E-state index contributed by atoms with van der Waals surface area (Å²) in [7, 11) is 0. The molecule has 8 heteroatoms.